The zero-order chi connectivity index (χ0) is 21.1. The van der Waals surface area contributed by atoms with Gasteiger partial charge in [-0.15, -0.1) is 0 Å². The molecule has 0 unspecified atom stereocenters. The number of rotatable bonds is 7. The number of nitrogens with zero attached hydrogens (tertiary/aromatic N) is 5. The molecule has 0 bridgehead atoms. The molecule has 3 N–H and O–H groups in total. The van der Waals surface area contributed by atoms with E-state index >= 15 is 0 Å². The number of halogens is 1. The van der Waals surface area contributed by atoms with E-state index in [1.807, 2.05) is 0 Å². The first-order chi connectivity index (χ1) is 14.5. The lowest BCUT2D eigenvalue weighted by Gasteiger charge is -2.42. The lowest BCUT2D eigenvalue weighted by molar-refractivity contribution is -0.385. The summed E-state index contributed by atoms with van der Waals surface area (Å²) in [7, 11) is 0. The molecule has 1 saturated heterocycles. The molecule has 9 nitrogen and oxygen atoms in total. The summed E-state index contributed by atoms with van der Waals surface area (Å²) in [6.07, 6.45) is 9.49. The normalized spacial score (nSPS) is 21.8. The molecule has 0 amide bonds. The molecule has 0 spiro atoms. The minimum Gasteiger partial charge on any atom is -0.378 e. The maximum absolute atomic E-state index is 11.6. The molecule has 1 saturated carbocycles. The molecule has 1 aliphatic heterocycles. The van der Waals surface area contributed by atoms with Gasteiger partial charge in [0.25, 0.3) is 0 Å². The predicted octanol–water partition coefficient (Wildman–Crippen LogP) is 3.43. The quantitative estimate of drug-likeness (QED) is 0.504. The molecule has 10 heteroatoms. The number of nitrogens with two attached hydrogens (primary N) is 1. The van der Waals surface area contributed by atoms with Crippen LogP contribution in [0.4, 0.5) is 17.5 Å². The molecule has 2 fully saturated rings. The fraction of sp³-hybridized carbons (Fsp3) is 0.550. The van der Waals surface area contributed by atoms with Gasteiger partial charge in [0.1, 0.15) is 5.69 Å². The van der Waals surface area contributed by atoms with E-state index in [9.17, 15) is 10.1 Å². The van der Waals surface area contributed by atoms with Gasteiger partial charge in [0.2, 0.25) is 11.8 Å². The van der Waals surface area contributed by atoms with Crippen LogP contribution in [-0.4, -0.2) is 43.9 Å². The molecule has 1 aliphatic carbocycles. The van der Waals surface area contributed by atoms with E-state index < -0.39 is 4.92 Å². The van der Waals surface area contributed by atoms with Gasteiger partial charge in [-0.1, -0.05) is 11.6 Å². The van der Waals surface area contributed by atoms with E-state index in [0.717, 1.165) is 31.2 Å². The van der Waals surface area contributed by atoms with Gasteiger partial charge < -0.3 is 16.0 Å². The van der Waals surface area contributed by atoms with E-state index in [1.165, 1.54) is 19.5 Å². The van der Waals surface area contributed by atoms with Gasteiger partial charge in [-0.3, -0.25) is 15.1 Å². The van der Waals surface area contributed by atoms with Crippen molar-refractivity contribution in [2.45, 2.75) is 51.1 Å². The number of likely N-dealkylation sites (tertiary alicyclic amines) is 1. The highest BCUT2D eigenvalue weighted by molar-refractivity contribution is 6.31. The van der Waals surface area contributed by atoms with Crippen molar-refractivity contribution in [3.8, 4) is 0 Å². The molecule has 30 heavy (non-hydrogen) atoms. The smallest absolute Gasteiger partial charge is 0.332 e. The van der Waals surface area contributed by atoms with Crippen LogP contribution in [0.5, 0.6) is 0 Å². The van der Waals surface area contributed by atoms with E-state index in [4.69, 9.17) is 17.3 Å². The number of nitrogen functional groups attached to an aromatic ring is 1. The summed E-state index contributed by atoms with van der Waals surface area (Å²) < 4.78 is 0. The first kappa shape index (κ1) is 20.7. The minimum absolute atomic E-state index is 0.112. The Hall–Kier alpha value is -2.52. The van der Waals surface area contributed by atoms with E-state index in [1.54, 1.807) is 18.5 Å². The third-order valence-electron chi connectivity index (χ3n) is 6.15. The summed E-state index contributed by atoms with van der Waals surface area (Å²) in [5.74, 6) is 0.525. The van der Waals surface area contributed by atoms with Crippen LogP contribution in [0.25, 0.3) is 0 Å². The van der Waals surface area contributed by atoms with Crippen LogP contribution in [0.1, 0.15) is 43.4 Å². The fourth-order valence-electron chi connectivity index (χ4n) is 4.35. The van der Waals surface area contributed by atoms with Gasteiger partial charge in [-0.25, -0.2) is 4.98 Å². The van der Waals surface area contributed by atoms with E-state index in [2.05, 4.69) is 25.2 Å². The standard InChI is InChI=1S/C20H26ClN7O2/c21-16-6-7-23-11-14(16)12-24-20-25-17(18(28(29)30)19(22)26-20)10-13-2-4-15(5-3-13)27-8-1-9-27/h6-7,11,13,15H,1-5,8-10,12H2,(H3,22,24,25,26)/t13-,15-. The van der Waals surface area contributed by atoms with E-state index in [0.29, 0.717) is 35.6 Å². The molecular formula is C20H26ClN7O2. The zero-order valence-electron chi connectivity index (χ0n) is 16.8. The van der Waals surface area contributed by atoms with E-state index in [-0.39, 0.29) is 17.5 Å². The van der Waals surface area contributed by atoms with Crippen LogP contribution in [0.15, 0.2) is 18.5 Å². The van der Waals surface area contributed by atoms with Gasteiger partial charge in [-0.05, 0) is 63.6 Å². The van der Waals surface area contributed by atoms with Crippen LogP contribution in [0, 0.1) is 16.0 Å². The lowest BCUT2D eigenvalue weighted by Crippen LogP contribution is -2.46. The summed E-state index contributed by atoms with van der Waals surface area (Å²) >= 11 is 6.16. The summed E-state index contributed by atoms with van der Waals surface area (Å²) in [5, 5.41) is 15.2. The highest BCUT2D eigenvalue weighted by Crippen LogP contribution is 2.34. The molecule has 2 aromatic heterocycles. The number of hydrogen-bond acceptors (Lipinski definition) is 8. The maximum Gasteiger partial charge on any atom is 0.332 e. The molecule has 160 valence electrons. The molecule has 3 heterocycles. The third kappa shape index (κ3) is 4.62. The molecule has 0 radical (unpaired) electrons. The monoisotopic (exact) mass is 431 g/mol. The van der Waals surface area contributed by atoms with Crippen molar-refractivity contribution in [3.63, 3.8) is 0 Å². The van der Waals surface area contributed by atoms with Gasteiger partial charge in [0.05, 0.1) is 4.92 Å². The molecular weight excluding hydrogens is 406 g/mol. The third-order valence-corrected chi connectivity index (χ3v) is 6.52. The van der Waals surface area contributed by atoms with Crippen molar-refractivity contribution in [1.82, 2.24) is 19.9 Å². The van der Waals surface area contributed by atoms with Crippen molar-refractivity contribution in [3.05, 3.63) is 44.9 Å². The molecule has 0 atom stereocenters. The molecule has 4 rings (SSSR count). The highest BCUT2D eigenvalue weighted by atomic mass is 35.5. The zero-order valence-corrected chi connectivity index (χ0v) is 17.5. The average molecular weight is 432 g/mol. The topological polar surface area (TPSA) is 123 Å². The summed E-state index contributed by atoms with van der Waals surface area (Å²) in [6, 6.07) is 2.37. The maximum atomic E-state index is 11.6. The van der Waals surface area contributed by atoms with Crippen molar-refractivity contribution in [2.24, 2.45) is 5.92 Å². The summed E-state index contributed by atoms with van der Waals surface area (Å²) in [4.78, 5) is 26.3. The fourth-order valence-corrected chi connectivity index (χ4v) is 4.52. The number of nitro groups is 1. The molecule has 0 aromatic carbocycles. The second-order valence-corrected chi connectivity index (χ2v) is 8.48. The SMILES string of the molecule is Nc1nc(NCc2cnccc2Cl)nc(C[C@H]2CC[C@H](N3CCC3)CC2)c1[N+](=O)[O-]. The van der Waals surface area contributed by atoms with Crippen molar-refractivity contribution in [1.29, 1.82) is 0 Å². The van der Waals surface area contributed by atoms with Gasteiger partial charge >= 0.3 is 5.69 Å². The number of pyridine rings is 1. The second-order valence-electron chi connectivity index (χ2n) is 8.07. The molecule has 2 aromatic rings. The Morgan fingerprint density at radius 1 is 1.27 bits per heavy atom. The minimum atomic E-state index is -0.474. The van der Waals surface area contributed by atoms with Crippen LogP contribution in [-0.2, 0) is 13.0 Å². The second kappa shape index (κ2) is 9.09. The summed E-state index contributed by atoms with van der Waals surface area (Å²) in [6.45, 7) is 2.77. The number of nitrogens with one attached hydrogen (secondary N) is 1. The first-order valence-corrected chi connectivity index (χ1v) is 10.8. The molecule has 2 aliphatic rings. The summed E-state index contributed by atoms with van der Waals surface area (Å²) in [5.41, 5.74) is 6.95. The number of anilines is 2. The van der Waals surface area contributed by atoms with Crippen LogP contribution >= 0.6 is 11.6 Å². The average Bonchev–Trinajstić information content (AvgIpc) is 2.67. The number of aromatic nitrogens is 3. The predicted molar refractivity (Wildman–Crippen MR) is 115 cm³/mol. The van der Waals surface area contributed by atoms with Crippen LogP contribution < -0.4 is 11.1 Å². The Morgan fingerprint density at radius 3 is 2.67 bits per heavy atom. The highest BCUT2D eigenvalue weighted by Gasteiger charge is 2.31. The van der Waals surface area contributed by atoms with Gasteiger partial charge in [-0.2, -0.15) is 4.98 Å². The Kier molecular flexibility index (Phi) is 6.29. The van der Waals surface area contributed by atoms with Crippen molar-refractivity contribution < 1.29 is 4.92 Å². The Balaban J connectivity index is 1.46. The Bertz CT molecular complexity index is 914. The van der Waals surface area contributed by atoms with Gasteiger partial charge in [0, 0.05) is 35.6 Å². The van der Waals surface area contributed by atoms with Crippen molar-refractivity contribution in [2.75, 3.05) is 24.1 Å². The van der Waals surface area contributed by atoms with Crippen LogP contribution in [0.3, 0.4) is 0 Å². The van der Waals surface area contributed by atoms with Gasteiger partial charge in [0.15, 0.2) is 0 Å². The Morgan fingerprint density at radius 2 is 2.03 bits per heavy atom. The van der Waals surface area contributed by atoms with Crippen molar-refractivity contribution >= 4 is 29.1 Å². The largest absolute Gasteiger partial charge is 0.378 e. The van der Waals surface area contributed by atoms with Crippen LogP contribution in [0.2, 0.25) is 5.02 Å². The first-order valence-electron chi connectivity index (χ1n) is 10.4. The Labute approximate surface area is 180 Å². The number of hydrogen-bond donors (Lipinski definition) is 2. The lowest BCUT2D eigenvalue weighted by atomic mass is 9.82.